The molecular formula is C16H27NO3. The molecular weight excluding hydrogens is 254 g/mol. The number of nitrogens with zero attached hydrogens (tertiary/aromatic N) is 1. The highest BCUT2D eigenvalue weighted by atomic mass is 16.4. The van der Waals surface area contributed by atoms with Gasteiger partial charge < -0.3 is 14.8 Å². The second-order valence-corrected chi connectivity index (χ2v) is 5.26. The number of carboxylic acids is 1. The summed E-state index contributed by atoms with van der Waals surface area (Å²) in [5.74, 6) is -0.688. The molecule has 0 rings (SSSR count). The highest BCUT2D eigenvalue weighted by Crippen LogP contribution is 2.05. The van der Waals surface area contributed by atoms with Crippen molar-refractivity contribution in [3.63, 3.8) is 0 Å². The summed E-state index contributed by atoms with van der Waals surface area (Å²) in [6, 6.07) is 0. The molecule has 114 valence electrons. The number of allylic oxidation sites excluding steroid dienone is 1. The van der Waals surface area contributed by atoms with E-state index in [1.165, 1.54) is 0 Å². The fourth-order valence-corrected chi connectivity index (χ4v) is 1.68. The number of unbranched alkanes of at least 4 members (excludes halogenated alkanes) is 1. The molecule has 1 unspecified atom stereocenters. The summed E-state index contributed by atoms with van der Waals surface area (Å²) in [7, 11) is 2.02. The summed E-state index contributed by atoms with van der Waals surface area (Å²) >= 11 is 0. The average Bonchev–Trinajstić information content (AvgIpc) is 2.41. The Labute approximate surface area is 122 Å². The Kier molecular flexibility index (Phi) is 10.6. The number of carbonyl (C=O) groups is 2. The van der Waals surface area contributed by atoms with Gasteiger partial charge in [-0.2, -0.15) is 0 Å². The zero-order valence-electron chi connectivity index (χ0n) is 12.8. The summed E-state index contributed by atoms with van der Waals surface area (Å²) in [4.78, 5) is 23.2. The van der Waals surface area contributed by atoms with Crippen LogP contribution in [0.2, 0.25) is 0 Å². The van der Waals surface area contributed by atoms with Gasteiger partial charge in [0.1, 0.15) is 6.29 Å². The Morgan fingerprint density at radius 1 is 1.30 bits per heavy atom. The minimum atomic E-state index is -0.850. The first-order valence-electron chi connectivity index (χ1n) is 7.16. The number of hydrogen-bond acceptors (Lipinski definition) is 3. The van der Waals surface area contributed by atoms with E-state index in [2.05, 4.69) is 17.1 Å². The number of rotatable bonds is 11. The fraction of sp³-hybridized carbons (Fsp3) is 0.625. The topological polar surface area (TPSA) is 57.6 Å². The molecule has 0 aliphatic rings. The maximum atomic E-state index is 10.6. The molecule has 0 heterocycles. The highest BCUT2D eigenvalue weighted by Gasteiger charge is 1.99. The minimum absolute atomic E-state index is 0.162. The monoisotopic (exact) mass is 281 g/mol. The SMILES string of the molecule is CC(=CCCN(C)CC=CCCCC(C)C=O)C(=O)O. The normalized spacial score (nSPS) is 13.9. The Hall–Kier alpha value is -1.42. The first kappa shape index (κ1) is 18.6. The summed E-state index contributed by atoms with van der Waals surface area (Å²) in [6.45, 7) is 5.26. The van der Waals surface area contributed by atoms with Crippen LogP contribution in [-0.4, -0.2) is 42.4 Å². The molecule has 20 heavy (non-hydrogen) atoms. The van der Waals surface area contributed by atoms with Crippen molar-refractivity contribution in [1.29, 1.82) is 0 Å². The van der Waals surface area contributed by atoms with E-state index >= 15 is 0 Å². The molecule has 0 saturated heterocycles. The number of aliphatic carboxylic acids is 1. The Bertz CT molecular complexity index is 348. The van der Waals surface area contributed by atoms with E-state index in [9.17, 15) is 9.59 Å². The van der Waals surface area contributed by atoms with Crippen LogP contribution in [0.5, 0.6) is 0 Å². The van der Waals surface area contributed by atoms with E-state index in [-0.39, 0.29) is 5.92 Å². The van der Waals surface area contributed by atoms with Crippen molar-refractivity contribution in [2.45, 2.75) is 39.5 Å². The summed E-state index contributed by atoms with van der Waals surface area (Å²) < 4.78 is 0. The molecule has 0 saturated carbocycles. The summed E-state index contributed by atoms with van der Waals surface area (Å²) in [6.07, 6.45) is 10.8. The largest absolute Gasteiger partial charge is 0.478 e. The lowest BCUT2D eigenvalue weighted by Gasteiger charge is -2.12. The molecule has 0 radical (unpaired) electrons. The third-order valence-electron chi connectivity index (χ3n) is 3.14. The van der Waals surface area contributed by atoms with Gasteiger partial charge in [-0.25, -0.2) is 4.79 Å². The van der Waals surface area contributed by atoms with Gasteiger partial charge in [-0.15, -0.1) is 0 Å². The molecule has 0 spiro atoms. The van der Waals surface area contributed by atoms with Crippen LogP contribution in [0.1, 0.15) is 39.5 Å². The van der Waals surface area contributed by atoms with E-state index in [4.69, 9.17) is 5.11 Å². The van der Waals surface area contributed by atoms with Gasteiger partial charge in [0.15, 0.2) is 0 Å². The van der Waals surface area contributed by atoms with Crippen LogP contribution < -0.4 is 0 Å². The van der Waals surface area contributed by atoms with Crippen molar-refractivity contribution in [3.05, 3.63) is 23.8 Å². The maximum Gasteiger partial charge on any atom is 0.330 e. The van der Waals surface area contributed by atoms with Crippen molar-refractivity contribution in [1.82, 2.24) is 4.90 Å². The average molecular weight is 281 g/mol. The van der Waals surface area contributed by atoms with Crippen LogP contribution in [0.15, 0.2) is 23.8 Å². The first-order valence-corrected chi connectivity index (χ1v) is 7.16. The number of hydrogen-bond donors (Lipinski definition) is 1. The van der Waals surface area contributed by atoms with Gasteiger partial charge in [0, 0.05) is 24.6 Å². The lowest BCUT2D eigenvalue weighted by molar-refractivity contribution is -0.132. The lowest BCUT2D eigenvalue weighted by atomic mass is 10.1. The lowest BCUT2D eigenvalue weighted by Crippen LogP contribution is -2.19. The molecule has 1 atom stereocenters. The number of aldehydes is 1. The standard InChI is InChI=1S/C16H27NO3/c1-14(13-18)9-6-4-5-7-11-17(3)12-8-10-15(2)16(19)20/h5,7,10,13-14H,4,6,8-9,11-12H2,1-3H3,(H,19,20). The first-order chi connectivity index (χ1) is 9.47. The number of carboxylic acid groups (broad SMARTS) is 1. The van der Waals surface area contributed by atoms with Gasteiger partial charge in [0.05, 0.1) is 0 Å². The van der Waals surface area contributed by atoms with Crippen molar-refractivity contribution >= 4 is 12.3 Å². The second kappa shape index (κ2) is 11.4. The van der Waals surface area contributed by atoms with Crippen LogP contribution >= 0.6 is 0 Å². The van der Waals surface area contributed by atoms with Gasteiger partial charge in [-0.3, -0.25) is 0 Å². The van der Waals surface area contributed by atoms with Gasteiger partial charge in [0.2, 0.25) is 0 Å². The molecule has 4 nitrogen and oxygen atoms in total. The van der Waals surface area contributed by atoms with Crippen molar-refractivity contribution in [3.8, 4) is 0 Å². The molecule has 0 aliphatic carbocycles. The predicted molar refractivity (Wildman–Crippen MR) is 81.7 cm³/mol. The summed E-state index contributed by atoms with van der Waals surface area (Å²) in [5, 5.41) is 8.71. The predicted octanol–water partition coefficient (Wildman–Crippen LogP) is 2.90. The Balaban J connectivity index is 3.67. The molecule has 0 aromatic heterocycles. The molecule has 0 fully saturated rings. The Morgan fingerprint density at radius 2 is 2.00 bits per heavy atom. The molecule has 4 heteroatoms. The summed E-state index contributed by atoms with van der Waals surface area (Å²) in [5.41, 5.74) is 0.401. The minimum Gasteiger partial charge on any atom is -0.478 e. The number of carbonyl (C=O) groups excluding carboxylic acids is 1. The van der Waals surface area contributed by atoms with Crippen molar-refractivity contribution < 1.29 is 14.7 Å². The van der Waals surface area contributed by atoms with Crippen LogP contribution in [0.25, 0.3) is 0 Å². The van der Waals surface area contributed by atoms with Gasteiger partial charge >= 0.3 is 5.97 Å². The van der Waals surface area contributed by atoms with Crippen LogP contribution in [0.3, 0.4) is 0 Å². The van der Waals surface area contributed by atoms with Crippen LogP contribution in [0, 0.1) is 5.92 Å². The van der Waals surface area contributed by atoms with Crippen LogP contribution in [-0.2, 0) is 9.59 Å². The van der Waals surface area contributed by atoms with Crippen molar-refractivity contribution in [2.75, 3.05) is 20.1 Å². The molecule has 0 aromatic rings. The number of likely N-dealkylation sites (N-methyl/N-ethyl adjacent to an activating group) is 1. The van der Waals surface area contributed by atoms with Gasteiger partial charge in [-0.05, 0) is 39.7 Å². The van der Waals surface area contributed by atoms with E-state index in [1.54, 1.807) is 13.0 Å². The van der Waals surface area contributed by atoms with E-state index in [0.29, 0.717) is 5.57 Å². The molecule has 0 aliphatic heterocycles. The van der Waals surface area contributed by atoms with Gasteiger partial charge in [0.25, 0.3) is 0 Å². The van der Waals surface area contributed by atoms with Crippen molar-refractivity contribution in [2.24, 2.45) is 5.92 Å². The zero-order valence-corrected chi connectivity index (χ0v) is 12.8. The van der Waals surface area contributed by atoms with E-state index in [0.717, 1.165) is 45.1 Å². The highest BCUT2D eigenvalue weighted by molar-refractivity contribution is 5.85. The second-order valence-electron chi connectivity index (χ2n) is 5.26. The molecule has 1 N–H and O–H groups in total. The molecule has 0 aromatic carbocycles. The molecule has 0 amide bonds. The molecule has 0 bridgehead atoms. The third-order valence-corrected chi connectivity index (χ3v) is 3.14. The smallest absolute Gasteiger partial charge is 0.330 e. The Morgan fingerprint density at radius 3 is 2.60 bits per heavy atom. The quantitative estimate of drug-likeness (QED) is 0.274. The van der Waals surface area contributed by atoms with Crippen LogP contribution in [0.4, 0.5) is 0 Å². The van der Waals surface area contributed by atoms with Gasteiger partial charge in [-0.1, -0.05) is 25.2 Å². The maximum absolute atomic E-state index is 10.6. The zero-order chi connectivity index (χ0) is 15.4. The van der Waals surface area contributed by atoms with E-state index in [1.807, 2.05) is 14.0 Å². The fourth-order valence-electron chi connectivity index (χ4n) is 1.68. The van der Waals surface area contributed by atoms with E-state index < -0.39 is 5.97 Å². The third kappa shape index (κ3) is 10.5.